The molecule has 0 spiro atoms. The van der Waals surface area contributed by atoms with E-state index in [2.05, 4.69) is 60.6 Å². The molecule has 0 aliphatic carbocycles. The van der Waals surface area contributed by atoms with Crippen molar-refractivity contribution in [3.8, 4) is 0 Å². The van der Waals surface area contributed by atoms with Gasteiger partial charge < -0.3 is 18.3 Å². The molecule has 0 amide bonds. The Morgan fingerprint density at radius 1 is 0.806 bits per heavy atom. The molecule has 4 nitrogen and oxygen atoms in total. The molecule has 1 aromatic carbocycles. The lowest BCUT2D eigenvalue weighted by molar-refractivity contribution is -0.244. The minimum atomic E-state index is -1.77. The SMILES string of the molecule is CC[Si](CC)(CC)O[C@H]1[C@H](C)O[C@@H](OCc2ccccc2)C[C@@H]1O[Si](CC)(CC)CC. The summed E-state index contributed by atoms with van der Waals surface area (Å²) in [5.41, 5.74) is 1.17. The molecule has 0 N–H and O–H groups in total. The number of ether oxygens (including phenoxy) is 2. The molecule has 0 bridgehead atoms. The summed E-state index contributed by atoms with van der Waals surface area (Å²) in [5, 5.41) is 0. The highest BCUT2D eigenvalue weighted by atomic mass is 28.4. The Morgan fingerprint density at radius 3 is 1.84 bits per heavy atom. The van der Waals surface area contributed by atoms with Crippen molar-refractivity contribution in [2.75, 3.05) is 0 Å². The van der Waals surface area contributed by atoms with Gasteiger partial charge in [-0.1, -0.05) is 71.9 Å². The van der Waals surface area contributed by atoms with E-state index in [4.69, 9.17) is 18.3 Å². The average Bonchev–Trinajstić information content (AvgIpc) is 2.82. The summed E-state index contributed by atoms with van der Waals surface area (Å²) in [6.45, 7) is 16.5. The maximum atomic E-state index is 7.05. The average molecular weight is 467 g/mol. The fourth-order valence-electron chi connectivity index (χ4n) is 4.77. The van der Waals surface area contributed by atoms with Crippen LogP contribution >= 0.6 is 0 Å². The Morgan fingerprint density at radius 2 is 1.32 bits per heavy atom. The first-order valence-corrected chi connectivity index (χ1v) is 17.6. The largest absolute Gasteiger partial charge is 0.411 e. The molecule has 2 rings (SSSR count). The molecular weight excluding hydrogens is 420 g/mol. The molecule has 1 aliphatic heterocycles. The van der Waals surface area contributed by atoms with Gasteiger partial charge in [0.1, 0.15) is 0 Å². The first-order chi connectivity index (χ1) is 14.9. The Hall–Kier alpha value is -0.506. The van der Waals surface area contributed by atoms with Gasteiger partial charge in [-0.3, -0.25) is 0 Å². The third kappa shape index (κ3) is 6.99. The number of rotatable bonds is 13. The monoisotopic (exact) mass is 466 g/mol. The predicted molar refractivity (Wildman–Crippen MR) is 134 cm³/mol. The highest BCUT2D eigenvalue weighted by Gasteiger charge is 2.46. The van der Waals surface area contributed by atoms with Crippen molar-refractivity contribution in [3.05, 3.63) is 35.9 Å². The van der Waals surface area contributed by atoms with Crippen molar-refractivity contribution in [1.29, 1.82) is 0 Å². The molecule has 0 unspecified atom stereocenters. The van der Waals surface area contributed by atoms with Crippen LogP contribution in [-0.2, 0) is 24.9 Å². The van der Waals surface area contributed by atoms with Crippen LogP contribution in [-0.4, -0.2) is 41.2 Å². The maximum Gasteiger partial charge on any atom is 0.192 e. The second-order valence-electron chi connectivity index (χ2n) is 9.03. The van der Waals surface area contributed by atoms with E-state index < -0.39 is 16.6 Å². The summed E-state index contributed by atoms with van der Waals surface area (Å²) in [6.07, 6.45) is 0.511. The van der Waals surface area contributed by atoms with Gasteiger partial charge in [-0.05, 0) is 48.8 Å². The van der Waals surface area contributed by atoms with Gasteiger partial charge in [-0.15, -0.1) is 0 Å². The zero-order valence-corrected chi connectivity index (χ0v) is 23.0. The van der Waals surface area contributed by atoms with Crippen LogP contribution in [0.3, 0.4) is 0 Å². The molecular formula is C25H46O4Si2. The summed E-state index contributed by atoms with van der Waals surface area (Å²) in [5.74, 6) is 0. The van der Waals surface area contributed by atoms with Gasteiger partial charge in [0.2, 0.25) is 0 Å². The van der Waals surface area contributed by atoms with Crippen LogP contribution in [0.25, 0.3) is 0 Å². The normalized spacial score (nSPS) is 25.0. The van der Waals surface area contributed by atoms with Gasteiger partial charge in [0.25, 0.3) is 0 Å². The topological polar surface area (TPSA) is 36.9 Å². The van der Waals surface area contributed by atoms with E-state index >= 15 is 0 Å². The third-order valence-corrected chi connectivity index (χ3v) is 16.9. The summed E-state index contributed by atoms with van der Waals surface area (Å²) >= 11 is 0. The molecule has 6 heteroatoms. The second kappa shape index (κ2) is 12.7. The predicted octanol–water partition coefficient (Wildman–Crippen LogP) is 7.12. The van der Waals surface area contributed by atoms with E-state index in [-0.39, 0.29) is 24.6 Å². The lowest BCUT2D eigenvalue weighted by Gasteiger charge is -2.47. The first-order valence-electron chi connectivity index (χ1n) is 12.6. The molecule has 4 atom stereocenters. The molecule has 1 aliphatic rings. The number of hydrogen-bond acceptors (Lipinski definition) is 4. The lowest BCUT2D eigenvalue weighted by Crippen LogP contribution is -2.57. The van der Waals surface area contributed by atoms with E-state index in [1.165, 1.54) is 5.56 Å². The molecule has 0 saturated carbocycles. The summed E-state index contributed by atoms with van der Waals surface area (Å²) in [7, 11) is -3.55. The molecule has 1 saturated heterocycles. The van der Waals surface area contributed by atoms with Crippen molar-refractivity contribution in [2.45, 2.75) is 122 Å². The highest BCUT2D eigenvalue weighted by molar-refractivity contribution is 6.74. The number of hydrogen-bond donors (Lipinski definition) is 0. The fraction of sp³-hybridized carbons (Fsp3) is 0.760. The first kappa shape index (κ1) is 26.7. The van der Waals surface area contributed by atoms with E-state index in [1.807, 2.05) is 18.2 Å². The van der Waals surface area contributed by atoms with Crippen molar-refractivity contribution in [1.82, 2.24) is 0 Å². The summed E-state index contributed by atoms with van der Waals surface area (Å²) in [6, 6.07) is 17.2. The van der Waals surface area contributed by atoms with Gasteiger partial charge in [0.15, 0.2) is 22.9 Å². The Kier molecular flexibility index (Phi) is 10.9. The molecule has 1 fully saturated rings. The van der Waals surface area contributed by atoms with Gasteiger partial charge in [0.05, 0.1) is 24.9 Å². The van der Waals surface area contributed by atoms with Crippen LogP contribution in [0.4, 0.5) is 0 Å². The van der Waals surface area contributed by atoms with Crippen molar-refractivity contribution < 1.29 is 18.3 Å². The molecule has 1 heterocycles. The van der Waals surface area contributed by atoms with Crippen molar-refractivity contribution >= 4 is 16.6 Å². The quantitative estimate of drug-likeness (QED) is 0.290. The van der Waals surface area contributed by atoms with Crippen molar-refractivity contribution in [3.63, 3.8) is 0 Å². The van der Waals surface area contributed by atoms with Crippen LogP contribution < -0.4 is 0 Å². The summed E-state index contributed by atoms with van der Waals surface area (Å²) < 4.78 is 26.6. The van der Waals surface area contributed by atoms with E-state index in [9.17, 15) is 0 Å². The number of benzene rings is 1. The Balaban J connectivity index is 2.21. The molecule has 0 aromatic heterocycles. The van der Waals surface area contributed by atoms with Crippen LogP contribution in [0.15, 0.2) is 30.3 Å². The second-order valence-corrected chi connectivity index (χ2v) is 18.5. The third-order valence-electron chi connectivity index (χ3n) is 7.55. The minimum absolute atomic E-state index is 0.000355. The maximum absolute atomic E-state index is 7.05. The van der Waals surface area contributed by atoms with Gasteiger partial charge in [-0.2, -0.15) is 0 Å². The highest BCUT2D eigenvalue weighted by Crippen LogP contribution is 2.35. The Labute approximate surface area is 193 Å². The zero-order valence-electron chi connectivity index (χ0n) is 21.0. The molecule has 1 aromatic rings. The van der Waals surface area contributed by atoms with Crippen LogP contribution in [0, 0.1) is 0 Å². The van der Waals surface area contributed by atoms with Gasteiger partial charge in [-0.25, -0.2) is 0 Å². The standard InChI is InChI=1S/C25H46O4Si2/c1-8-30(9-2,10-3)28-23-19-24(26-20-22-17-15-14-16-18-22)27-21(7)25(23)29-31(11-4,12-5)13-6/h14-18,21,23-25H,8-13,19-20H2,1-7H3/t21-,23-,24+,25-/m0/s1. The molecule has 0 radical (unpaired) electrons. The van der Waals surface area contributed by atoms with E-state index in [1.54, 1.807) is 0 Å². The fourth-order valence-corrected chi connectivity index (χ4v) is 10.6. The van der Waals surface area contributed by atoms with Gasteiger partial charge >= 0.3 is 0 Å². The van der Waals surface area contributed by atoms with Crippen LogP contribution in [0.2, 0.25) is 36.3 Å². The van der Waals surface area contributed by atoms with E-state index in [0.717, 1.165) is 42.7 Å². The lowest BCUT2D eigenvalue weighted by atomic mass is 10.0. The molecule has 31 heavy (non-hydrogen) atoms. The van der Waals surface area contributed by atoms with Crippen LogP contribution in [0.5, 0.6) is 0 Å². The summed E-state index contributed by atoms with van der Waals surface area (Å²) in [4.78, 5) is 0. The Bertz CT molecular complexity index is 603. The van der Waals surface area contributed by atoms with Gasteiger partial charge in [0, 0.05) is 6.42 Å². The van der Waals surface area contributed by atoms with E-state index in [0.29, 0.717) is 6.61 Å². The minimum Gasteiger partial charge on any atom is -0.411 e. The van der Waals surface area contributed by atoms with Crippen LogP contribution in [0.1, 0.15) is 60.5 Å². The van der Waals surface area contributed by atoms with Crippen molar-refractivity contribution in [2.24, 2.45) is 0 Å². The zero-order chi connectivity index (χ0) is 22.9. The smallest absolute Gasteiger partial charge is 0.192 e. The molecule has 178 valence electrons.